The van der Waals surface area contributed by atoms with E-state index in [0.29, 0.717) is 17.6 Å². The average Bonchev–Trinajstić information content (AvgIpc) is 3.07. The number of Topliss-reactive ketones (excluding diaryl/α,β-unsaturated/α-hetero) is 1. The van der Waals surface area contributed by atoms with Crippen LogP contribution in [0.25, 0.3) is 0 Å². The van der Waals surface area contributed by atoms with Gasteiger partial charge in [0.15, 0.2) is 11.4 Å². The maximum absolute atomic E-state index is 13.1. The molecule has 2 fully saturated rings. The first-order chi connectivity index (χ1) is 27.9. The predicted octanol–water partition coefficient (Wildman–Crippen LogP) is 6.23. The van der Waals surface area contributed by atoms with Gasteiger partial charge in [0.2, 0.25) is 0 Å². The molecule has 6 N–H and O–H groups in total. The molecule has 6 unspecified atom stereocenters. The normalized spacial score (nSPS) is 27.9. The van der Waals surface area contributed by atoms with Crippen LogP contribution in [-0.4, -0.2) is 124 Å². The summed E-state index contributed by atoms with van der Waals surface area (Å²) in [4.78, 5) is 61.0. The van der Waals surface area contributed by atoms with Gasteiger partial charge in [-0.1, -0.05) is 99.6 Å². The van der Waals surface area contributed by atoms with Gasteiger partial charge < -0.3 is 40.1 Å². The number of esters is 2. The van der Waals surface area contributed by atoms with Crippen molar-refractivity contribution in [1.29, 1.82) is 0 Å². The van der Waals surface area contributed by atoms with Crippen molar-refractivity contribution < 1.29 is 64.1 Å². The van der Waals surface area contributed by atoms with E-state index in [9.17, 15) is 49.5 Å². The van der Waals surface area contributed by atoms with Gasteiger partial charge in [0.1, 0.15) is 17.3 Å². The number of allylic oxidation sites excluding steroid dienone is 14. The fourth-order valence-electron chi connectivity index (χ4n) is 8.28. The number of aliphatic hydroxyl groups is 4. The molecule has 0 spiro atoms. The van der Waals surface area contributed by atoms with Crippen LogP contribution in [0, 0.1) is 10.8 Å². The predicted molar refractivity (Wildman–Crippen MR) is 238 cm³/mol. The Balaban J connectivity index is 0.0000192. The summed E-state index contributed by atoms with van der Waals surface area (Å²) in [6.45, 7) is 18.9. The van der Waals surface area contributed by atoms with Crippen LogP contribution in [0.5, 0.6) is 0 Å². The molecular weight excluding hydrogens is 808 g/mol. The van der Waals surface area contributed by atoms with Gasteiger partial charge in [-0.3, -0.25) is 19.2 Å². The van der Waals surface area contributed by atoms with Crippen molar-refractivity contribution in [3.63, 3.8) is 0 Å². The molecule has 14 heteroatoms. The second-order valence-electron chi connectivity index (χ2n) is 18.3. The molecule has 2 aliphatic rings. The molecule has 0 radical (unpaired) electrons. The summed E-state index contributed by atoms with van der Waals surface area (Å²) in [6, 6.07) is 0. The van der Waals surface area contributed by atoms with Crippen LogP contribution in [0.2, 0.25) is 0 Å². The molecule has 0 heterocycles. The summed E-state index contributed by atoms with van der Waals surface area (Å²) in [7, 11) is 0. The number of hydrogen-bond donors (Lipinski definition) is 6. The molecule has 0 bridgehead atoms. The van der Waals surface area contributed by atoms with Crippen molar-refractivity contribution in [3.05, 3.63) is 100 Å². The van der Waals surface area contributed by atoms with E-state index in [-0.39, 0.29) is 61.0 Å². The number of ether oxygens (including phenoxy) is 2. The Kier molecular flexibility index (Phi) is 20.5. The number of carboxylic acid groups (broad SMARTS) is 2. The molecule has 0 aromatic rings. The second-order valence-corrected chi connectivity index (χ2v) is 18.3. The Bertz CT molecular complexity index is 1960. The summed E-state index contributed by atoms with van der Waals surface area (Å²) >= 11 is 0. The van der Waals surface area contributed by atoms with Crippen LogP contribution < -0.4 is 0 Å². The van der Waals surface area contributed by atoms with Crippen LogP contribution in [-0.2, 0) is 33.4 Å². The summed E-state index contributed by atoms with van der Waals surface area (Å²) in [5, 5.41) is 61.7. The van der Waals surface area contributed by atoms with Crippen LogP contribution in [0.1, 0.15) is 121 Å². The molecule has 13 nitrogen and oxygen atoms in total. The van der Waals surface area contributed by atoms with E-state index in [0.717, 1.165) is 16.7 Å². The third-order valence-electron chi connectivity index (χ3n) is 11.5. The quantitative estimate of drug-likeness (QED) is 0.0314. The molecule has 6 atom stereocenters. The van der Waals surface area contributed by atoms with Gasteiger partial charge in [-0.2, -0.15) is 0 Å². The van der Waals surface area contributed by atoms with Crippen molar-refractivity contribution in [3.8, 4) is 0 Å². The third kappa shape index (κ3) is 15.7. The Morgan fingerprint density at radius 1 is 0.758 bits per heavy atom. The van der Waals surface area contributed by atoms with Crippen molar-refractivity contribution in [2.45, 2.75) is 156 Å². The van der Waals surface area contributed by atoms with Crippen LogP contribution in [0.4, 0.5) is 0 Å². The van der Waals surface area contributed by atoms with Gasteiger partial charge in [0, 0.05) is 37.2 Å². The van der Waals surface area contributed by atoms with Crippen molar-refractivity contribution >= 4 is 59.2 Å². The van der Waals surface area contributed by atoms with Gasteiger partial charge in [-0.05, 0) is 77.0 Å². The average molecular weight is 875 g/mol. The van der Waals surface area contributed by atoms with Gasteiger partial charge in [0.25, 0.3) is 0 Å². The van der Waals surface area contributed by atoms with Gasteiger partial charge in [-0.25, -0.2) is 4.79 Å². The van der Waals surface area contributed by atoms with Crippen molar-refractivity contribution in [2.75, 3.05) is 0 Å². The van der Waals surface area contributed by atoms with Crippen molar-refractivity contribution in [2.24, 2.45) is 10.8 Å². The number of rotatable bonds is 17. The molecule has 0 saturated heterocycles. The zero-order chi connectivity index (χ0) is 46.8. The number of aliphatic hydroxyl groups excluding tert-OH is 1. The maximum atomic E-state index is 13.1. The Hall–Kier alpha value is -3.91. The third-order valence-corrected chi connectivity index (χ3v) is 11.5. The standard InChI is InChI=1S/C48H66O13.Na.H/c1-31(16-12-13-17-32(2)20-15-21-34(4)38(51)28-48(59)44(8,9)24-36(50)25-46(48,11)57)18-14-19-33(3)22-23-39-43(6,7)26-37(60-35(5)49)27-45(39,10)61-41(54)30-47(58,42(55)56)29-40(52)53;;/h12-22,36-37,50,57-59H,24-30H2,1-11H3,(H,52,53)(H,55,56);;/b13-12+,18-14+,20-15+,31-16+,32-17+,33-19+,34-21+;;. The Morgan fingerprint density at radius 2 is 1.29 bits per heavy atom. The molecule has 2 rings (SSSR count). The molecule has 338 valence electrons. The number of carboxylic acids is 2. The van der Waals surface area contributed by atoms with Gasteiger partial charge in [0.05, 0.1) is 24.5 Å². The summed E-state index contributed by atoms with van der Waals surface area (Å²) in [6.07, 6.45) is 16.8. The summed E-state index contributed by atoms with van der Waals surface area (Å²) in [5.41, 5.74) is -2.39. The van der Waals surface area contributed by atoms with E-state index in [1.807, 2.05) is 83.2 Å². The van der Waals surface area contributed by atoms with E-state index >= 15 is 0 Å². The van der Waals surface area contributed by atoms with E-state index in [1.165, 1.54) is 13.8 Å². The fourth-order valence-corrected chi connectivity index (χ4v) is 8.28. The topological polar surface area (TPSA) is 225 Å². The van der Waals surface area contributed by atoms with Gasteiger partial charge in [-0.15, -0.1) is 5.73 Å². The van der Waals surface area contributed by atoms with E-state index in [2.05, 4.69) is 5.73 Å². The molecular formula is C48H67NaO13. The second kappa shape index (κ2) is 22.6. The Morgan fingerprint density at radius 3 is 1.79 bits per heavy atom. The van der Waals surface area contributed by atoms with Crippen LogP contribution in [0.15, 0.2) is 100 Å². The van der Waals surface area contributed by atoms with E-state index < -0.39 is 82.2 Å². The molecule has 2 saturated carbocycles. The van der Waals surface area contributed by atoms with Crippen molar-refractivity contribution in [1.82, 2.24) is 0 Å². The minimum absolute atomic E-state index is 0. The Labute approximate surface area is 388 Å². The van der Waals surface area contributed by atoms with Crippen LogP contribution >= 0.6 is 0 Å². The van der Waals surface area contributed by atoms with Crippen LogP contribution in [0.3, 0.4) is 0 Å². The molecule has 0 aromatic carbocycles. The first-order valence-electron chi connectivity index (χ1n) is 20.3. The first kappa shape index (κ1) is 56.1. The molecule has 0 aliphatic heterocycles. The van der Waals surface area contributed by atoms with E-state index in [1.54, 1.807) is 45.9 Å². The summed E-state index contributed by atoms with van der Waals surface area (Å²) in [5.74, 6) is -5.45. The van der Waals surface area contributed by atoms with E-state index in [4.69, 9.17) is 14.6 Å². The fraction of sp³-hybridized carbons (Fsp3) is 0.542. The monoisotopic (exact) mass is 874 g/mol. The zero-order valence-electron chi connectivity index (χ0n) is 37.5. The number of carbonyl (C=O) groups is 5. The number of hydrogen-bond acceptors (Lipinski definition) is 11. The zero-order valence-corrected chi connectivity index (χ0v) is 37.5. The number of ketones is 1. The summed E-state index contributed by atoms with van der Waals surface area (Å²) < 4.78 is 11.3. The molecule has 0 amide bonds. The number of aliphatic carboxylic acids is 2. The molecule has 62 heavy (non-hydrogen) atoms. The SMILES string of the molecule is CC(=O)OC1CC(C)(C)C(=C=C/C(C)=C/C=C/C(C)=C/C=C/C=C(C)/C=C/C=C(\C)C(=O)CC2(O)C(C)(C)CC(O)CC2(C)O)C(C)(OC(=O)CC(O)(CC(=O)O)C(=O)O)C1.[NaH]. The van der Waals surface area contributed by atoms with Gasteiger partial charge >= 0.3 is 53.4 Å². The molecule has 0 aromatic heterocycles. The number of carbonyl (C=O) groups excluding carboxylic acids is 3. The molecule has 2 aliphatic carbocycles. The first-order valence-corrected chi connectivity index (χ1v) is 20.3. The minimum atomic E-state index is -2.89.